The summed E-state index contributed by atoms with van der Waals surface area (Å²) in [5.74, 6) is 2.55. The van der Waals surface area contributed by atoms with Crippen LogP contribution in [0, 0.1) is 11.8 Å². The molecule has 0 radical (unpaired) electrons. The molecular weight excluding hydrogens is 375 g/mol. The summed E-state index contributed by atoms with van der Waals surface area (Å²) in [7, 11) is 0. The van der Waals surface area contributed by atoms with E-state index < -0.39 is 0 Å². The van der Waals surface area contributed by atoms with Crippen molar-refractivity contribution in [3.63, 3.8) is 0 Å². The molecule has 21 heavy (non-hydrogen) atoms. The van der Waals surface area contributed by atoms with E-state index in [9.17, 15) is 0 Å². The molecule has 1 saturated carbocycles. The summed E-state index contributed by atoms with van der Waals surface area (Å²) in [6.45, 7) is 13.4. The highest BCUT2D eigenvalue weighted by atomic mass is 127. The van der Waals surface area contributed by atoms with E-state index in [1.165, 1.54) is 32.4 Å². The number of hydrogen-bond acceptors (Lipinski definition) is 2. The molecule has 5 heteroatoms. The molecule has 0 aromatic heterocycles. The van der Waals surface area contributed by atoms with Gasteiger partial charge in [0, 0.05) is 31.7 Å². The van der Waals surface area contributed by atoms with Gasteiger partial charge in [-0.05, 0) is 58.4 Å². The van der Waals surface area contributed by atoms with Gasteiger partial charge in [0.1, 0.15) is 0 Å². The number of hydrogen-bond donors (Lipinski definition) is 2. The van der Waals surface area contributed by atoms with Gasteiger partial charge in [0.25, 0.3) is 0 Å². The van der Waals surface area contributed by atoms with Gasteiger partial charge in [-0.15, -0.1) is 24.0 Å². The van der Waals surface area contributed by atoms with Crippen LogP contribution in [0.25, 0.3) is 0 Å². The van der Waals surface area contributed by atoms with E-state index >= 15 is 0 Å². The SMILES string of the molecule is CCNC(=NCC1CCCN(C(C)C)C1)NC1CC1C.I. The zero-order valence-electron chi connectivity index (χ0n) is 14.1. The molecule has 4 nitrogen and oxygen atoms in total. The molecular formula is C16H33IN4. The third-order valence-electron chi connectivity index (χ3n) is 4.56. The summed E-state index contributed by atoms with van der Waals surface area (Å²) in [5.41, 5.74) is 0. The van der Waals surface area contributed by atoms with Gasteiger partial charge in [-0.1, -0.05) is 6.92 Å². The van der Waals surface area contributed by atoms with E-state index in [2.05, 4.69) is 43.2 Å². The quantitative estimate of drug-likeness (QED) is 0.418. The largest absolute Gasteiger partial charge is 0.357 e. The third kappa shape index (κ3) is 6.30. The van der Waals surface area contributed by atoms with E-state index in [1.807, 2.05) is 0 Å². The molecule has 124 valence electrons. The van der Waals surface area contributed by atoms with E-state index in [4.69, 9.17) is 4.99 Å². The second kappa shape index (κ2) is 9.18. The first-order valence-electron chi connectivity index (χ1n) is 8.39. The highest BCUT2D eigenvalue weighted by Crippen LogP contribution is 2.28. The maximum Gasteiger partial charge on any atom is 0.191 e. The maximum absolute atomic E-state index is 4.81. The lowest BCUT2D eigenvalue weighted by atomic mass is 9.97. The Morgan fingerprint density at radius 2 is 2.10 bits per heavy atom. The molecule has 1 heterocycles. The molecule has 0 amide bonds. The molecule has 2 aliphatic rings. The molecule has 0 spiro atoms. The van der Waals surface area contributed by atoms with E-state index in [0.717, 1.165) is 30.9 Å². The molecule has 0 bridgehead atoms. The van der Waals surface area contributed by atoms with Crippen molar-refractivity contribution in [1.82, 2.24) is 15.5 Å². The van der Waals surface area contributed by atoms with Crippen molar-refractivity contribution >= 4 is 29.9 Å². The first kappa shape index (κ1) is 19.0. The summed E-state index contributed by atoms with van der Waals surface area (Å²) < 4.78 is 0. The Hall–Kier alpha value is -0.0400. The Kier molecular flexibility index (Phi) is 8.31. The number of aliphatic imine (C=N–C) groups is 1. The summed E-state index contributed by atoms with van der Waals surface area (Å²) in [6, 6.07) is 1.31. The van der Waals surface area contributed by atoms with E-state index in [-0.39, 0.29) is 24.0 Å². The normalized spacial score (nSPS) is 30.0. The minimum Gasteiger partial charge on any atom is -0.357 e. The van der Waals surface area contributed by atoms with Crippen LogP contribution in [-0.4, -0.2) is 49.1 Å². The summed E-state index contributed by atoms with van der Waals surface area (Å²) in [6.07, 6.45) is 3.93. The average Bonchev–Trinajstić information content (AvgIpc) is 3.12. The minimum atomic E-state index is 0. The zero-order valence-corrected chi connectivity index (χ0v) is 16.4. The first-order chi connectivity index (χ1) is 9.60. The van der Waals surface area contributed by atoms with Crippen LogP contribution in [0.5, 0.6) is 0 Å². The number of halogens is 1. The minimum absolute atomic E-state index is 0. The Morgan fingerprint density at radius 1 is 1.38 bits per heavy atom. The first-order valence-corrected chi connectivity index (χ1v) is 8.39. The standard InChI is InChI=1S/C16H32N4.HI/c1-5-17-16(19-15-9-13(15)4)18-10-14-7-6-8-20(11-14)12(2)3;/h12-15H,5-11H2,1-4H3,(H2,17,18,19);1H. The lowest BCUT2D eigenvalue weighted by Gasteiger charge is -2.34. The summed E-state index contributed by atoms with van der Waals surface area (Å²) in [4.78, 5) is 7.40. The van der Waals surface area contributed by atoms with Crippen molar-refractivity contribution in [3.05, 3.63) is 0 Å². The Morgan fingerprint density at radius 3 is 2.67 bits per heavy atom. The number of likely N-dealkylation sites (tertiary alicyclic amines) is 1. The Labute approximate surface area is 147 Å². The van der Waals surface area contributed by atoms with Crippen molar-refractivity contribution in [3.8, 4) is 0 Å². The number of piperidine rings is 1. The van der Waals surface area contributed by atoms with Gasteiger partial charge in [0.05, 0.1) is 0 Å². The molecule has 1 saturated heterocycles. The highest BCUT2D eigenvalue weighted by molar-refractivity contribution is 14.0. The van der Waals surface area contributed by atoms with Crippen molar-refractivity contribution in [2.24, 2.45) is 16.8 Å². The van der Waals surface area contributed by atoms with E-state index in [0.29, 0.717) is 12.1 Å². The monoisotopic (exact) mass is 408 g/mol. The lowest BCUT2D eigenvalue weighted by Crippen LogP contribution is -2.42. The molecule has 2 rings (SSSR count). The van der Waals surface area contributed by atoms with Crippen molar-refractivity contribution in [2.45, 2.75) is 59.0 Å². The van der Waals surface area contributed by atoms with Crippen LogP contribution in [0.15, 0.2) is 4.99 Å². The van der Waals surface area contributed by atoms with Gasteiger partial charge in [-0.2, -0.15) is 0 Å². The molecule has 0 aromatic carbocycles. The fraction of sp³-hybridized carbons (Fsp3) is 0.938. The van der Waals surface area contributed by atoms with Crippen molar-refractivity contribution in [1.29, 1.82) is 0 Å². The van der Waals surface area contributed by atoms with Gasteiger partial charge in [0.15, 0.2) is 5.96 Å². The Balaban J connectivity index is 0.00000220. The predicted octanol–water partition coefficient (Wildman–Crippen LogP) is 2.69. The number of nitrogens with one attached hydrogen (secondary N) is 2. The third-order valence-corrected chi connectivity index (χ3v) is 4.56. The van der Waals surface area contributed by atoms with Gasteiger partial charge in [-0.25, -0.2) is 0 Å². The van der Waals surface area contributed by atoms with Gasteiger partial charge in [-0.3, -0.25) is 4.99 Å². The molecule has 2 fully saturated rings. The molecule has 0 aromatic rings. The smallest absolute Gasteiger partial charge is 0.191 e. The number of rotatable bonds is 5. The van der Waals surface area contributed by atoms with Crippen LogP contribution in [-0.2, 0) is 0 Å². The van der Waals surface area contributed by atoms with Crippen molar-refractivity contribution < 1.29 is 0 Å². The maximum atomic E-state index is 4.81. The Bertz CT molecular complexity index is 332. The number of nitrogens with zero attached hydrogens (tertiary/aromatic N) is 2. The summed E-state index contributed by atoms with van der Waals surface area (Å²) >= 11 is 0. The molecule has 3 unspecified atom stereocenters. The highest BCUT2D eigenvalue weighted by Gasteiger charge is 2.33. The molecule has 1 aliphatic carbocycles. The van der Waals surface area contributed by atoms with Crippen LogP contribution in [0.4, 0.5) is 0 Å². The van der Waals surface area contributed by atoms with Gasteiger partial charge >= 0.3 is 0 Å². The van der Waals surface area contributed by atoms with Gasteiger partial charge in [0.2, 0.25) is 0 Å². The molecule has 2 N–H and O–H groups in total. The number of guanidine groups is 1. The zero-order chi connectivity index (χ0) is 14.5. The molecule has 3 atom stereocenters. The fourth-order valence-corrected chi connectivity index (χ4v) is 2.95. The topological polar surface area (TPSA) is 39.7 Å². The molecule has 1 aliphatic heterocycles. The fourth-order valence-electron chi connectivity index (χ4n) is 2.95. The lowest BCUT2D eigenvalue weighted by molar-refractivity contribution is 0.143. The van der Waals surface area contributed by atoms with Crippen LogP contribution in [0.1, 0.15) is 47.0 Å². The van der Waals surface area contributed by atoms with Crippen molar-refractivity contribution in [2.75, 3.05) is 26.2 Å². The van der Waals surface area contributed by atoms with E-state index in [1.54, 1.807) is 0 Å². The van der Waals surface area contributed by atoms with Gasteiger partial charge < -0.3 is 15.5 Å². The average molecular weight is 408 g/mol. The van der Waals surface area contributed by atoms with Crippen LogP contribution in [0.3, 0.4) is 0 Å². The predicted molar refractivity (Wildman–Crippen MR) is 102 cm³/mol. The van der Waals surface area contributed by atoms with Crippen LogP contribution in [0.2, 0.25) is 0 Å². The second-order valence-corrected chi connectivity index (χ2v) is 6.78. The summed E-state index contributed by atoms with van der Waals surface area (Å²) in [5, 5.41) is 6.91. The second-order valence-electron chi connectivity index (χ2n) is 6.78. The van der Waals surface area contributed by atoms with Crippen LogP contribution < -0.4 is 10.6 Å². The van der Waals surface area contributed by atoms with Crippen LogP contribution >= 0.6 is 24.0 Å².